The number of carbonyl (C=O) groups is 1. The molecule has 1 aliphatic carbocycles. The average molecular weight is 334 g/mol. The standard InChI is InChI=1S/C18H23FN2O3/c19-14-7-13(8-14)17(22)21-6-2-4-18(12-21)9-16(11-23-18)24-15-3-1-5-20-10-15/h1,3,5,10,13-14,16H,2,4,6-9,11-12H2/t13?,14?,16-,18+/m0/s1. The van der Waals surface area contributed by atoms with Crippen LogP contribution in [0.2, 0.25) is 0 Å². The van der Waals surface area contributed by atoms with Gasteiger partial charge in [0, 0.05) is 31.6 Å². The van der Waals surface area contributed by atoms with Crippen LogP contribution < -0.4 is 4.74 Å². The quantitative estimate of drug-likeness (QED) is 0.851. The Kier molecular flexibility index (Phi) is 4.16. The Balaban J connectivity index is 1.36. The second-order valence-electron chi connectivity index (χ2n) is 7.26. The summed E-state index contributed by atoms with van der Waals surface area (Å²) < 4.78 is 25.1. The fraction of sp³-hybridized carbons (Fsp3) is 0.667. The highest BCUT2D eigenvalue weighted by Crippen LogP contribution is 2.38. The Morgan fingerprint density at radius 1 is 1.46 bits per heavy atom. The smallest absolute Gasteiger partial charge is 0.225 e. The van der Waals surface area contributed by atoms with Crippen LogP contribution in [0.1, 0.15) is 32.1 Å². The summed E-state index contributed by atoms with van der Waals surface area (Å²) >= 11 is 0. The maximum absolute atomic E-state index is 13.0. The summed E-state index contributed by atoms with van der Waals surface area (Å²) in [5.41, 5.74) is -0.306. The summed E-state index contributed by atoms with van der Waals surface area (Å²) in [4.78, 5) is 18.4. The zero-order valence-electron chi connectivity index (χ0n) is 13.7. The number of halogens is 1. The summed E-state index contributed by atoms with van der Waals surface area (Å²) in [7, 11) is 0. The molecule has 0 N–H and O–H groups in total. The fourth-order valence-electron chi connectivity index (χ4n) is 4.07. The Hall–Kier alpha value is -1.69. The van der Waals surface area contributed by atoms with Crippen LogP contribution in [0, 0.1) is 5.92 Å². The van der Waals surface area contributed by atoms with Crippen LogP contribution in [0.5, 0.6) is 5.75 Å². The predicted octanol–water partition coefficient (Wildman–Crippen LogP) is 2.36. The maximum Gasteiger partial charge on any atom is 0.225 e. The molecule has 0 bridgehead atoms. The minimum atomic E-state index is -0.794. The number of carbonyl (C=O) groups excluding carboxylic acids is 1. The van der Waals surface area contributed by atoms with Crippen molar-refractivity contribution in [3.63, 3.8) is 0 Å². The molecule has 1 aromatic heterocycles. The van der Waals surface area contributed by atoms with E-state index in [1.807, 2.05) is 17.0 Å². The highest BCUT2D eigenvalue weighted by Gasteiger charge is 2.47. The molecule has 1 aromatic rings. The maximum atomic E-state index is 13.0. The lowest BCUT2D eigenvalue weighted by Gasteiger charge is -2.42. The number of nitrogens with zero attached hydrogens (tertiary/aromatic N) is 2. The third kappa shape index (κ3) is 3.11. The molecule has 5 nitrogen and oxygen atoms in total. The van der Waals surface area contributed by atoms with E-state index < -0.39 is 6.17 Å². The highest BCUT2D eigenvalue weighted by molar-refractivity contribution is 5.80. The SMILES string of the molecule is O=C(C1CC(F)C1)N1CCC[C@@]2(C[C@H](Oc3cccnc3)CO2)C1. The predicted molar refractivity (Wildman–Crippen MR) is 85.4 cm³/mol. The van der Waals surface area contributed by atoms with E-state index >= 15 is 0 Å². The lowest BCUT2D eigenvalue weighted by Crippen LogP contribution is -2.53. The van der Waals surface area contributed by atoms with Gasteiger partial charge in [0.05, 0.1) is 18.4 Å². The molecule has 0 radical (unpaired) electrons. The van der Waals surface area contributed by atoms with Crippen LogP contribution in [0.4, 0.5) is 4.39 Å². The fourth-order valence-corrected chi connectivity index (χ4v) is 4.07. The molecule has 2 saturated heterocycles. The van der Waals surface area contributed by atoms with Gasteiger partial charge in [0.1, 0.15) is 18.0 Å². The number of ether oxygens (including phenoxy) is 2. The van der Waals surface area contributed by atoms with E-state index in [2.05, 4.69) is 4.98 Å². The van der Waals surface area contributed by atoms with Crippen molar-refractivity contribution < 1.29 is 18.7 Å². The topological polar surface area (TPSA) is 51.7 Å². The molecule has 0 aromatic carbocycles. The molecule has 1 spiro atoms. The van der Waals surface area contributed by atoms with E-state index in [4.69, 9.17) is 9.47 Å². The molecule has 0 unspecified atom stereocenters. The normalized spacial score (nSPS) is 35.7. The molecule has 3 fully saturated rings. The Morgan fingerprint density at radius 2 is 2.33 bits per heavy atom. The number of piperidine rings is 1. The van der Waals surface area contributed by atoms with Crippen LogP contribution in [0.3, 0.4) is 0 Å². The first-order valence-corrected chi connectivity index (χ1v) is 8.77. The number of hydrogen-bond acceptors (Lipinski definition) is 4. The van der Waals surface area contributed by atoms with E-state index in [1.54, 1.807) is 12.4 Å². The van der Waals surface area contributed by atoms with Crippen LogP contribution >= 0.6 is 0 Å². The molecule has 2 aliphatic heterocycles. The number of rotatable bonds is 3. The Labute approximate surface area is 141 Å². The van der Waals surface area contributed by atoms with E-state index in [0.29, 0.717) is 26.0 Å². The molecule has 3 aliphatic rings. The zero-order chi connectivity index (χ0) is 16.6. The minimum Gasteiger partial charge on any atom is -0.486 e. The number of likely N-dealkylation sites (tertiary alicyclic amines) is 1. The van der Waals surface area contributed by atoms with E-state index in [-0.39, 0.29) is 23.5 Å². The molecular weight excluding hydrogens is 311 g/mol. The molecule has 1 saturated carbocycles. The molecular formula is C18H23FN2O3. The minimum absolute atomic E-state index is 0.0109. The number of amides is 1. The van der Waals surface area contributed by atoms with E-state index in [0.717, 1.165) is 31.6 Å². The first kappa shape index (κ1) is 15.8. The van der Waals surface area contributed by atoms with Crippen molar-refractivity contribution in [2.75, 3.05) is 19.7 Å². The Morgan fingerprint density at radius 3 is 3.08 bits per heavy atom. The van der Waals surface area contributed by atoms with Crippen molar-refractivity contribution in [1.29, 1.82) is 0 Å². The van der Waals surface area contributed by atoms with Crippen molar-refractivity contribution >= 4 is 5.91 Å². The van der Waals surface area contributed by atoms with Gasteiger partial charge in [0.25, 0.3) is 0 Å². The summed E-state index contributed by atoms with van der Waals surface area (Å²) in [5.74, 6) is 0.720. The summed E-state index contributed by atoms with van der Waals surface area (Å²) in [6, 6.07) is 3.73. The van der Waals surface area contributed by atoms with Gasteiger partial charge in [0.2, 0.25) is 5.91 Å². The molecule has 130 valence electrons. The van der Waals surface area contributed by atoms with Gasteiger partial charge < -0.3 is 14.4 Å². The van der Waals surface area contributed by atoms with Crippen molar-refractivity contribution in [2.45, 2.75) is 50.0 Å². The molecule has 6 heteroatoms. The van der Waals surface area contributed by atoms with Gasteiger partial charge >= 0.3 is 0 Å². The lowest BCUT2D eigenvalue weighted by molar-refractivity contribution is -0.148. The molecule has 24 heavy (non-hydrogen) atoms. The van der Waals surface area contributed by atoms with Gasteiger partial charge in [-0.2, -0.15) is 0 Å². The van der Waals surface area contributed by atoms with Gasteiger partial charge in [-0.15, -0.1) is 0 Å². The first-order valence-electron chi connectivity index (χ1n) is 8.77. The van der Waals surface area contributed by atoms with Gasteiger partial charge in [-0.05, 0) is 37.8 Å². The van der Waals surface area contributed by atoms with Crippen molar-refractivity contribution in [1.82, 2.24) is 9.88 Å². The molecule has 3 heterocycles. The largest absolute Gasteiger partial charge is 0.486 e. The third-order valence-corrected chi connectivity index (χ3v) is 5.39. The van der Waals surface area contributed by atoms with Crippen LogP contribution in [-0.2, 0) is 9.53 Å². The van der Waals surface area contributed by atoms with Gasteiger partial charge in [-0.25, -0.2) is 4.39 Å². The van der Waals surface area contributed by atoms with E-state index in [1.165, 1.54) is 0 Å². The van der Waals surface area contributed by atoms with Gasteiger partial charge in [-0.1, -0.05) is 0 Å². The van der Waals surface area contributed by atoms with E-state index in [9.17, 15) is 9.18 Å². The van der Waals surface area contributed by atoms with Crippen molar-refractivity contribution in [3.05, 3.63) is 24.5 Å². The van der Waals surface area contributed by atoms with Crippen LogP contribution in [0.25, 0.3) is 0 Å². The molecule has 4 rings (SSSR count). The zero-order valence-corrected chi connectivity index (χ0v) is 13.7. The second kappa shape index (κ2) is 6.31. The summed E-state index contributed by atoms with van der Waals surface area (Å²) in [6.45, 7) is 1.89. The lowest BCUT2D eigenvalue weighted by atomic mass is 9.81. The Bertz CT molecular complexity index is 593. The van der Waals surface area contributed by atoms with Crippen LogP contribution in [0.15, 0.2) is 24.5 Å². The molecule has 1 amide bonds. The summed E-state index contributed by atoms with van der Waals surface area (Å²) in [6.07, 6.45) is 6.03. The number of pyridine rings is 1. The van der Waals surface area contributed by atoms with Gasteiger partial charge in [0.15, 0.2) is 0 Å². The monoisotopic (exact) mass is 334 g/mol. The number of hydrogen-bond donors (Lipinski definition) is 0. The highest BCUT2D eigenvalue weighted by atomic mass is 19.1. The molecule has 2 atom stereocenters. The second-order valence-corrected chi connectivity index (χ2v) is 7.26. The van der Waals surface area contributed by atoms with Crippen molar-refractivity contribution in [2.24, 2.45) is 5.92 Å². The van der Waals surface area contributed by atoms with Crippen LogP contribution in [-0.4, -0.2) is 53.4 Å². The van der Waals surface area contributed by atoms with Crippen molar-refractivity contribution in [3.8, 4) is 5.75 Å². The average Bonchev–Trinajstić information content (AvgIpc) is 2.94. The third-order valence-electron chi connectivity index (χ3n) is 5.39. The number of aromatic nitrogens is 1. The van der Waals surface area contributed by atoms with Gasteiger partial charge in [-0.3, -0.25) is 9.78 Å². The first-order chi connectivity index (χ1) is 11.6. The summed E-state index contributed by atoms with van der Waals surface area (Å²) in [5, 5.41) is 0. The number of alkyl halides is 1.